The van der Waals surface area contributed by atoms with Crippen molar-refractivity contribution in [2.75, 3.05) is 11.5 Å². The van der Waals surface area contributed by atoms with Crippen LogP contribution in [0.15, 0.2) is 12.1 Å². The molecule has 1 aromatic rings. The highest BCUT2D eigenvalue weighted by Gasteiger charge is 2.30. The number of amides is 1. The van der Waals surface area contributed by atoms with Gasteiger partial charge in [-0.15, -0.1) is 0 Å². The van der Waals surface area contributed by atoms with Crippen molar-refractivity contribution in [3.63, 3.8) is 0 Å². The topological polar surface area (TPSA) is 106 Å². The number of nitro groups is 1. The molecule has 0 radical (unpaired) electrons. The Labute approximate surface area is 118 Å². The lowest BCUT2D eigenvalue weighted by Gasteiger charge is -2.11. The highest BCUT2D eigenvalue weighted by Crippen LogP contribution is 2.22. The van der Waals surface area contributed by atoms with Gasteiger partial charge in [0.25, 0.3) is 5.91 Å². The van der Waals surface area contributed by atoms with Crippen LogP contribution in [0, 0.1) is 21.7 Å². The number of hydrogen-bond acceptors (Lipinski definition) is 5. The molecule has 114 valence electrons. The molecule has 1 aliphatic rings. The van der Waals surface area contributed by atoms with E-state index in [-0.39, 0.29) is 17.9 Å². The molecule has 1 aliphatic heterocycles. The van der Waals surface area contributed by atoms with Gasteiger partial charge in [0, 0.05) is 6.04 Å². The van der Waals surface area contributed by atoms with E-state index < -0.39 is 49.6 Å². The summed E-state index contributed by atoms with van der Waals surface area (Å²) in [6.07, 6.45) is 0.186. The van der Waals surface area contributed by atoms with Gasteiger partial charge in [-0.1, -0.05) is 0 Å². The third kappa shape index (κ3) is 3.32. The molecule has 1 unspecified atom stereocenters. The first kappa shape index (κ1) is 15.3. The lowest BCUT2D eigenvalue weighted by atomic mass is 10.1. The fraction of sp³-hybridized carbons (Fsp3) is 0.364. The molecule has 1 heterocycles. The number of carbonyl (C=O) groups is 1. The van der Waals surface area contributed by atoms with Gasteiger partial charge in [0.1, 0.15) is 5.82 Å². The molecule has 7 nitrogen and oxygen atoms in total. The van der Waals surface area contributed by atoms with Crippen molar-refractivity contribution in [2.24, 2.45) is 0 Å². The van der Waals surface area contributed by atoms with E-state index in [4.69, 9.17) is 0 Å². The van der Waals surface area contributed by atoms with E-state index in [0.717, 1.165) is 0 Å². The number of hydrogen-bond donors (Lipinski definition) is 1. The largest absolute Gasteiger partial charge is 0.348 e. The van der Waals surface area contributed by atoms with Crippen molar-refractivity contribution < 1.29 is 26.9 Å². The molecule has 10 heteroatoms. The minimum atomic E-state index is -3.23. The number of rotatable bonds is 3. The van der Waals surface area contributed by atoms with Gasteiger partial charge in [-0.05, 0) is 12.5 Å². The quantitative estimate of drug-likeness (QED) is 0.654. The number of sulfone groups is 1. The molecular formula is C11H10F2N2O5S. The summed E-state index contributed by atoms with van der Waals surface area (Å²) in [5, 5.41) is 12.7. The van der Waals surface area contributed by atoms with Crippen LogP contribution in [0.5, 0.6) is 0 Å². The number of nitrogens with zero attached hydrogens (tertiary/aromatic N) is 1. The molecule has 1 fully saturated rings. The molecule has 1 aromatic carbocycles. The van der Waals surface area contributed by atoms with Gasteiger partial charge in [0.2, 0.25) is 5.82 Å². The van der Waals surface area contributed by atoms with Gasteiger partial charge in [-0.25, -0.2) is 12.8 Å². The average Bonchev–Trinajstić information content (AvgIpc) is 2.70. The zero-order valence-corrected chi connectivity index (χ0v) is 11.3. The van der Waals surface area contributed by atoms with Gasteiger partial charge < -0.3 is 5.32 Å². The Hall–Kier alpha value is -2.10. The van der Waals surface area contributed by atoms with Crippen molar-refractivity contribution in [1.29, 1.82) is 0 Å². The maximum atomic E-state index is 13.6. The van der Waals surface area contributed by atoms with Crippen LogP contribution >= 0.6 is 0 Å². The van der Waals surface area contributed by atoms with E-state index in [1.807, 2.05) is 0 Å². The van der Waals surface area contributed by atoms with Crippen molar-refractivity contribution in [1.82, 2.24) is 5.32 Å². The Morgan fingerprint density at radius 1 is 1.33 bits per heavy atom. The summed E-state index contributed by atoms with van der Waals surface area (Å²) >= 11 is 0. The normalized spacial score (nSPS) is 20.2. The third-order valence-corrected chi connectivity index (χ3v) is 4.81. The lowest BCUT2D eigenvalue weighted by Crippen LogP contribution is -2.36. The van der Waals surface area contributed by atoms with Crippen LogP contribution in [0.3, 0.4) is 0 Å². The highest BCUT2D eigenvalue weighted by atomic mass is 32.2. The summed E-state index contributed by atoms with van der Waals surface area (Å²) < 4.78 is 49.5. The summed E-state index contributed by atoms with van der Waals surface area (Å²) in [5.74, 6) is -3.96. The summed E-state index contributed by atoms with van der Waals surface area (Å²) in [7, 11) is -3.23. The second-order valence-electron chi connectivity index (χ2n) is 4.61. The fourth-order valence-electron chi connectivity index (χ4n) is 2.02. The molecule has 21 heavy (non-hydrogen) atoms. The minimum Gasteiger partial charge on any atom is -0.348 e. The zero-order valence-electron chi connectivity index (χ0n) is 10.5. The van der Waals surface area contributed by atoms with E-state index in [2.05, 4.69) is 5.32 Å². The number of carbonyl (C=O) groups excluding carboxylic acids is 1. The molecule has 1 N–H and O–H groups in total. The predicted octanol–water partition coefficient (Wildman–Crippen LogP) is 0.790. The van der Waals surface area contributed by atoms with Crippen molar-refractivity contribution in [3.8, 4) is 0 Å². The molecule has 1 saturated heterocycles. The van der Waals surface area contributed by atoms with E-state index in [1.54, 1.807) is 0 Å². The Balaban J connectivity index is 2.20. The average molecular weight is 320 g/mol. The Morgan fingerprint density at radius 2 is 2.00 bits per heavy atom. The minimum absolute atomic E-state index is 0.0882. The Kier molecular flexibility index (Phi) is 3.90. The van der Waals surface area contributed by atoms with Crippen LogP contribution in [-0.2, 0) is 9.84 Å². The van der Waals surface area contributed by atoms with Crippen LogP contribution < -0.4 is 5.32 Å². The van der Waals surface area contributed by atoms with Crippen LogP contribution in [0.4, 0.5) is 14.5 Å². The van der Waals surface area contributed by atoms with Crippen LogP contribution in [-0.4, -0.2) is 36.8 Å². The molecule has 0 saturated carbocycles. The first-order valence-corrected chi connectivity index (χ1v) is 7.66. The molecule has 0 bridgehead atoms. The summed E-state index contributed by atoms with van der Waals surface area (Å²) in [4.78, 5) is 21.1. The van der Waals surface area contributed by atoms with Gasteiger partial charge >= 0.3 is 5.69 Å². The third-order valence-electron chi connectivity index (χ3n) is 3.05. The smallest absolute Gasteiger partial charge is 0.307 e. The van der Waals surface area contributed by atoms with Gasteiger partial charge in [0.05, 0.1) is 28.1 Å². The van der Waals surface area contributed by atoms with E-state index in [0.29, 0.717) is 12.1 Å². The van der Waals surface area contributed by atoms with Crippen LogP contribution in [0.25, 0.3) is 0 Å². The Bertz CT molecular complexity index is 720. The summed E-state index contributed by atoms with van der Waals surface area (Å²) in [5.41, 5.74) is -1.78. The number of nitro benzene ring substituents is 1. The first-order chi connectivity index (χ1) is 9.69. The maximum absolute atomic E-state index is 13.6. The van der Waals surface area contributed by atoms with Crippen molar-refractivity contribution >= 4 is 21.4 Å². The molecule has 0 aliphatic carbocycles. The lowest BCUT2D eigenvalue weighted by molar-refractivity contribution is -0.387. The van der Waals surface area contributed by atoms with Gasteiger partial charge in [-0.3, -0.25) is 14.9 Å². The van der Waals surface area contributed by atoms with Crippen LogP contribution in [0.1, 0.15) is 16.8 Å². The molecule has 2 rings (SSSR count). The maximum Gasteiger partial charge on any atom is 0.307 e. The van der Waals surface area contributed by atoms with Gasteiger partial charge in [0.15, 0.2) is 9.84 Å². The second kappa shape index (κ2) is 5.35. The molecular weight excluding hydrogens is 310 g/mol. The molecule has 1 atom stereocenters. The summed E-state index contributed by atoms with van der Waals surface area (Å²) in [6, 6.07) is 0.0576. The SMILES string of the molecule is O=C(NC1CCS(=O)(=O)C1)c1cc(F)c([N+](=O)[O-])cc1F. The Morgan fingerprint density at radius 3 is 2.52 bits per heavy atom. The second-order valence-corrected chi connectivity index (χ2v) is 6.84. The first-order valence-electron chi connectivity index (χ1n) is 5.84. The van der Waals surface area contributed by atoms with E-state index >= 15 is 0 Å². The molecule has 1 amide bonds. The number of benzene rings is 1. The van der Waals surface area contributed by atoms with Crippen molar-refractivity contribution in [3.05, 3.63) is 39.4 Å². The molecule has 0 aromatic heterocycles. The van der Waals surface area contributed by atoms with Gasteiger partial charge in [-0.2, -0.15) is 4.39 Å². The fourth-order valence-corrected chi connectivity index (χ4v) is 3.70. The monoisotopic (exact) mass is 320 g/mol. The van der Waals surface area contributed by atoms with Crippen LogP contribution in [0.2, 0.25) is 0 Å². The highest BCUT2D eigenvalue weighted by molar-refractivity contribution is 7.91. The standard InChI is InChI=1S/C11H10F2N2O5S/c12-8-4-10(15(17)18)9(13)3-7(8)11(16)14-6-1-2-21(19,20)5-6/h3-4,6H,1-2,5H2,(H,14,16). The number of halogens is 2. The van der Waals surface area contributed by atoms with E-state index in [1.165, 1.54) is 0 Å². The molecule has 0 spiro atoms. The summed E-state index contributed by atoms with van der Waals surface area (Å²) in [6.45, 7) is 0. The number of nitrogens with one attached hydrogen (secondary N) is 1. The van der Waals surface area contributed by atoms with E-state index in [9.17, 15) is 32.1 Å². The zero-order chi connectivity index (χ0) is 15.8. The van der Waals surface area contributed by atoms with Crippen molar-refractivity contribution in [2.45, 2.75) is 12.5 Å². The predicted molar refractivity (Wildman–Crippen MR) is 67.5 cm³/mol.